The van der Waals surface area contributed by atoms with Crippen molar-refractivity contribution in [3.8, 4) is 11.5 Å². The number of aromatic nitrogens is 1. The van der Waals surface area contributed by atoms with E-state index in [1.807, 2.05) is 18.2 Å². The Morgan fingerprint density at radius 3 is 2.57 bits per heavy atom. The van der Waals surface area contributed by atoms with Crippen LogP contribution in [0, 0.1) is 5.92 Å². The molecule has 0 spiro atoms. The summed E-state index contributed by atoms with van der Waals surface area (Å²) >= 11 is 0. The summed E-state index contributed by atoms with van der Waals surface area (Å²) in [6, 6.07) is 10.2. The number of nitrogens with zero attached hydrogens (tertiary/aromatic N) is 2. The van der Waals surface area contributed by atoms with E-state index in [1.165, 1.54) is 19.8 Å². The zero-order valence-corrected chi connectivity index (χ0v) is 26.7. The molecule has 2 bridgehead atoms. The van der Waals surface area contributed by atoms with Crippen LogP contribution in [0.2, 0.25) is 0 Å². The number of ether oxygens (including phenoxy) is 4. The number of rotatable bonds is 7. The molecule has 0 saturated heterocycles. The minimum atomic E-state index is -1.28. The van der Waals surface area contributed by atoms with Gasteiger partial charge in [-0.15, -0.1) is 0 Å². The third kappa shape index (κ3) is 4.64. The molecule has 0 amide bonds. The van der Waals surface area contributed by atoms with Crippen LogP contribution in [0.5, 0.6) is 11.5 Å². The zero-order valence-electron chi connectivity index (χ0n) is 26.7. The number of para-hydroxylation sites is 1. The highest BCUT2D eigenvalue weighted by Gasteiger charge is 2.54. The molecule has 1 aromatic heterocycles. The number of fused-ring (bicyclic) bond motifs is 6. The molecule has 44 heavy (non-hydrogen) atoms. The average Bonchev–Trinajstić information content (AvgIpc) is 3.61. The number of esters is 2. The molecule has 3 aromatic rings. The highest BCUT2D eigenvalue weighted by atomic mass is 16.5. The third-order valence-corrected chi connectivity index (χ3v) is 10.2. The number of likely N-dealkylation sites (N-methyl/N-ethyl adjacent to an activating group) is 1. The fourth-order valence-corrected chi connectivity index (χ4v) is 8.29. The Hall–Kier alpha value is -3.98. The fraction of sp³-hybridized carbons (Fsp3) is 0.486. The molecule has 3 atom stereocenters. The van der Waals surface area contributed by atoms with Gasteiger partial charge < -0.3 is 33.3 Å². The van der Waals surface area contributed by atoms with Crippen molar-refractivity contribution in [1.82, 2.24) is 4.98 Å². The summed E-state index contributed by atoms with van der Waals surface area (Å²) in [6.07, 6.45) is 5.09. The molecule has 234 valence electrons. The number of nitrogens with one attached hydrogen (secondary N) is 1. The van der Waals surface area contributed by atoms with Crippen molar-refractivity contribution < 1.29 is 33.0 Å². The smallest absolute Gasteiger partial charge is 0.361 e. The van der Waals surface area contributed by atoms with Gasteiger partial charge in [-0.05, 0) is 36.5 Å². The number of aromatic amines is 1. The van der Waals surface area contributed by atoms with E-state index >= 15 is 0 Å². The molecule has 0 fully saturated rings. The molecular weight excluding hydrogens is 558 g/mol. The van der Waals surface area contributed by atoms with Gasteiger partial charge in [0.25, 0.3) is 0 Å². The largest absolute Gasteiger partial charge is 0.496 e. The van der Waals surface area contributed by atoms with Gasteiger partial charge in [0.15, 0.2) is 6.54 Å². The van der Waals surface area contributed by atoms with E-state index in [4.69, 9.17) is 18.9 Å². The monoisotopic (exact) mass is 602 g/mol. The van der Waals surface area contributed by atoms with Crippen molar-refractivity contribution in [1.29, 1.82) is 0 Å². The number of benzene rings is 2. The van der Waals surface area contributed by atoms with Gasteiger partial charge in [-0.2, -0.15) is 0 Å². The van der Waals surface area contributed by atoms with Crippen LogP contribution in [-0.2, 0) is 37.3 Å². The van der Waals surface area contributed by atoms with Gasteiger partial charge >= 0.3 is 11.9 Å². The van der Waals surface area contributed by atoms with E-state index < -0.39 is 5.41 Å². The third-order valence-electron chi connectivity index (χ3n) is 10.2. The molecule has 4 heterocycles. The number of anilines is 1. The quantitative estimate of drug-likeness (QED) is 0.241. The Balaban J connectivity index is 1.71. The first kappa shape index (κ1) is 30.1. The lowest BCUT2D eigenvalue weighted by Crippen LogP contribution is -2.57. The Bertz CT molecular complexity index is 1640. The van der Waals surface area contributed by atoms with Gasteiger partial charge in [-0.1, -0.05) is 31.2 Å². The number of carbonyl (C=O) groups excluding carboxylic acids is 2. The van der Waals surface area contributed by atoms with Crippen LogP contribution in [-0.4, -0.2) is 89.6 Å². The SMILES string of the molecule is CCC1=C[C@H]2C[C@](C(=O)OC)(c3c(OC)cc4c(c3OC)CCN4C)c3[nH]c4ccccc4c3CC[N+](CC(=O)OC)(C1)C2. The van der Waals surface area contributed by atoms with Crippen LogP contribution in [0.1, 0.15) is 42.1 Å². The summed E-state index contributed by atoms with van der Waals surface area (Å²) in [4.78, 5) is 33.6. The summed E-state index contributed by atoms with van der Waals surface area (Å²) < 4.78 is 24.0. The molecule has 3 aliphatic rings. The first-order valence-electron chi connectivity index (χ1n) is 15.5. The topological polar surface area (TPSA) is 90.1 Å². The number of hydrogen-bond acceptors (Lipinski definition) is 7. The fourth-order valence-electron chi connectivity index (χ4n) is 8.29. The first-order valence-corrected chi connectivity index (χ1v) is 15.5. The lowest BCUT2D eigenvalue weighted by atomic mass is 9.68. The van der Waals surface area contributed by atoms with Gasteiger partial charge in [0, 0.05) is 59.8 Å². The molecule has 1 N–H and O–H groups in total. The maximum Gasteiger partial charge on any atom is 0.361 e. The van der Waals surface area contributed by atoms with Crippen molar-refractivity contribution in [2.24, 2.45) is 5.92 Å². The average molecular weight is 603 g/mol. The molecule has 0 saturated carbocycles. The highest BCUT2D eigenvalue weighted by molar-refractivity contribution is 5.95. The van der Waals surface area contributed by atoms with Gasteiger partial charge in [-0.3, -0.25) is 4.79 Å². The summed E-state index contributed by atoms with van der Waals surface area (Å²) in [5.74, 6) is 0.645. The maximum absolute atomic E-state index is 14.8. The molecule has 6 rings (SSSR count). The molecule has 9 heteroatoms. The van der Waals surface area contributed by atoms with Crippen molar-refractivity contribution in [3.05, 3.63) is 64.4 Å². The molecule has 3 aliphatic heterocycles. The predicted octanol–water partition coefficient (Wildman–Crippen LogP) is 4.54. The van der Waals surface area contributed by atoms with Crippen molar-refractivity contribution in [3.63, 3.8) is 0 Å². The second-order valence-electron chi connectivity index (χ2n) is 12.6. The Morgan fingerprint density at radius 2 is 1.86 bits per heavy atom. The molecule has 9 nitrogen and oxygen atoms in total. The number of quaternary nitrogens is 1. The summed E-state index contributed by atoms with van der Waals surface area (Å²) in [5.41, 5.74) is 5.63. The standard InChI is InChI=1S/C35H44N3O6/c1-7-22-16-23-18-35(34(40)44-6,31-29(41-3)17-28-26(32(31)43-5)12-14-37(28)2)33-25(24-10-8-9-11-27(24)36-33)13-15-38(19-22,20-23)21-30(39)42-4/h8-11,16-17,23,36H,7,12-15,18-21H2,1-6H3/q+1/t23-,35-,38?/m0/s1. The second kappa shape index (κ2) is 11.5. The Morgan fingerprint density at radius 1 is 1.07 bits per heavy atom. The summed E-state index contributed by atoms with van der Waals surface area (Å²) in [6.45, 7) is 5.51. The normalized spacial score (nSPS) is 24.4. The predicted molar refractivity (Wildman–Crippen MR) is 170 cm³/mol. The second-order valence-corrected chi connectivity index (χ2v) is 12.6. The van der Waals surface area contributed by atoms with E-state index in [0.717, 1.165) is 65.9 Å². The molecule has 0 radical (unpaired) electrons. The first-order chi connectivity index (χ1) is 21.2. The van der Waals surface area contributed by atoms with Crippen LogP contribution in [0.3, 0.4) is 0 Å². The van der Waals surface area contributed by atoms with Gasteiger partial charge in [0.05, 0.1) is 47.1 Å². The van der Waals surface area contributed by atoms with E-state index in [0.29, 0.717) is 40.9 Å². The molecule has 0 aliphatic carbocycles. The summed E-state index contributed by atoms with van der Waals surface area (Å²) in [5, 5.41) is 1.06. The Kier molecular flexibility index (Phi) is 7.86. The number of carbonyl (C=O) groups is 2. The minimum absolute atomic E-state index is 0.0369. The zero-order chi connectivity index (χ0) is 31.2. The molecule has 2 aromatic carbocycles. The number of hydrogen-bond donors (Lipinski definition) is 1. The highest BCUT2D eigenvalue weighted by Crippen LogP contribution is 2.54. The van der Waals surface area contributed by atoms with Crippen molar-refractivity contribution in [2.45, 2.75) is 38.0 Å². The lowest BCUT2D eigenvalue weighted by molar-refractivity contribution is -0.921. The van der Waals surface area contributed by atoms with E-state index in [9.17, 15) is 9.59 Å². The van der Waals surface area contributed by atoms with Gasteiger partial charge in [0.1, 0.15) is 23.5 Å². The number of H-pyrrole nitrogens is 1. The van der Waals surface area contributed by atoms with Crippen LogP contribution in [0.4, 0.5) is 5.69 Å². The van der Waals surface area contributed by atoms with E-state index in [2.05, 4.69) is 42.1 Å². The van der Waals surface area contributed by atoms with Gasteiger partial charge in [0.2, 0.25) is 0 Å². The van der Waals surface area contributed by atoms with Crippen LogP contribution in [0.25, 0.3) is 10.9 Å². The van der Waals surface area contributed by atoms with Crippen LogP contribution < -0.4 is 14.4 Å². The van der Waals surface area contributed by atoms with Crippen LogP contribution >= 0.6 is 0 Å². The van der Waals surface area contributed by atoms with Crippen LogP contribution in [0.15, 0.2) is 42.0 Å². The lowest BCUT2D eigenvalue weighted by Gasteiger charge is -2.44. The maximum atomic E-state index is 14.8. The van der Waals surface area contributed by atoms with Crippen molar-refractivity contribution in [2.75, 3.05) is 73.1 Å². The number of methoxy groups -OCH3 is 4. The molecule has 1 unspecified atom stereocenters. The van der Waals surface area contributed by atoms with E-state index in [-0.39, 0.29) is 24.4 Å². The molecular formula is C35H44N3O6+. The van der Waals surface area contributed by atoms with Gasteiger partial charge in [-0.25, -0.2) is 4.79 Å². The minimum Gasteiger partial charge on any atom is -0.496 e. The Labute approximate surface area is 259 Å². The summed E-state index contributed by atoms with van der Waals surface area (Å²) in [7, 11) is 8.31. The van der Waals surface area contributed by atoms with E-state index in [1.54, 1.807) is 14.2 Å². The van der Waals surface area contributed by atoms with Crippen molar-refractivity contribution >= 4 is 28.5 Å².